The highest BCUT2D eigenvalue weighted by Gasteiger charge is 2.42. The SMILES string of the molecule is CSc1ccc(C(=O)CCc2ccc3nc(C)n([C@]4(C)CCC(=O)NC4=O)c(=O)c3c2)cc1. The summed E-state index contributed by atoms with van der Waals surface area (Å²) in [6.45, 7) is 3.34. The minimum atomic E-state index is -1.19. The molecule has 3 aromatic rings. The lowest BCUT2D eigenvalue weighted by Crippen LogP contribution is -2.56. The van der Waals surface area contributed by atoms with Gasteiger partial charge in [0.05, 0.1) is 10.9 Å². The number of rotatable bonds is 6. The molecule has 0 unspecified atom stereocenters. The van der Waals surface area contributed by atoms with Crippen LogP contribution in [0.1, 0.15) is 47.9 Å². The van der Waals surface area contributed by atoms with Gasteiger partial charge in [0.2, 0.25) is 5.91 Å². The molecule has 1 N–H and O–H groups in total. The first-order valence-corrected chi connectivity index (χ1v) is 12.0. The number of amides is 2. The highest BCUT2D eigenvalue weighted by atomic mass is 32.2. The average molecular weight is 464 g/mol. The molecule has 0 bridgehead atoms. The Morgan fingerprint density at radius 3 is 2.55 bits per heavy atom. The van der Waals surface area contributed by atoms with Gasteiger partial charge in [-0.1, -0.05) is 18.2 Å². The number of carbonyl (C=O) groups excluding carboxylic acids is 3. The van der Waals surface area contributed by atoms with Gasteiger partial charge in [0.25, 0.3) is 11.5 Å². The second kappa shape index (κ2) is 8.94. The van der Waals surface area contributed by atoms with Crippen LogP contribution < -0.4 is 10.9 Å². The summed E-state index contributed by atoms with van der Waals surface area (Å²) < 4.78 is 1.39. The number of hydrogen-bond acceptors (Lipinski definition) is 6. The molecule has 8 heteroatoms. The van der Waals surface area contributed by atoms with Crippen molar-refractivity contribution in [2.45, 2.75) is 50.0 Å². The minimum absolute atomic E-state index is 0.0400. The Kier molecular flexibility index (Phi) is 6.21. The van der Waals surface area contributed by atoms with Gasteiger partial charge in [-0.3, -0.25) is 29.1 Å². The van der Waals surface area contributed by atoms with E-state index in [1.807, 2.05) is 36.6 Å². The molecule has 4 rings (SSSR count). The number of piperidine rings is 1. The summed E-state index contributed by atoms with van der Waals surface area (Å²) >= 11 is 1.62. The lowest BCUT2D eigenvalue weighted by atomic mass is 9.90. The molecule has 1 aromatic heterocycles. The van der Waals surface area contributed by atoms with Crippen LogP contribution in [-0.4, -0.2) is 33.4 Å². The zero-order chi connectivity index (χ0) is 23.8. The number of thioether (sulfide) groups is 1. The van der Waals surface area contributed by atoms with Crippen LogP contribution in [0.25, 0.3) is 10.9 Å². The number of imide groups is 1. The summed E-state index contributed by atoms with van der Waals surface area (Å²) in [6, 6.07) is 12.9. The standard InChI is InChI=1S/C25H25N3O4S/c1-15-26-20-10-4-16(5-11-21(29)17-6-8-18(33-3)9-7-17)14-19(20)23(31)28(15)25(2)13-12-22(30)27-24(25)32/h4,6-10,14H,5,11-13H2,1-3H3,(H,27,30,32)/t25-/m1/s1. The number of benzene rings is 2. The van der Waals surface area contributed by atoms with Gasteiger partial charge < -0.3 is 0 Å². The van der Waals surface area contributed by atoms with Crippen molar-refractivity contribution in [1.82, 2.24) is 14.9 Å². The van der Waals surface area contributed by atoms with Gasteiger partial charge in [-0.15, -0.1) is 11.8 Å². The van der Waals surface area contributed by atoms with Crippen LogP contribution in [0.15, 0.2) is 52.2 Å². The second-order valence-electron chi connectivity index (χ2n) is 8.45. The number of nitrogens with zero attached hydrogens (tertiary/aromatic N) is 2. The molecule has 7 nitrogen and oxygen atoms in total. The molecule has 2 amide bonds. The van der Waals surface area contributed by atoms with E-state index < -0.39 is 11.4 Å². The molecule has 1 fully saturated rings. The highest BCUT2D eigenvalue weighted by molar-refractivity contribution is 7.98. The van der Waals surface area contributed by atoms with E-state index in [-0.39, 0.29) is 30.1 Å². The predicted molar refractivity (Wildman–Crippen MR) is 128 cm³/mol. The summed E-state index contributed by atoms with van der Waals surface area (Å²) in [4.78, 5) is 55.9. The number of nitrogens with one attached hydrogen (secondary N) is 1. The smallest absolute Gasteiger partial charge is 0.262 e. The summed E-state index contributed by atoms with van der Waals surface area (Å²) in [5.41, 5.74) is 0.529. The first-order chi connectivity index (χ1) is 15.7. The Morgan fingerprint density at radius 2 is 1.88 bits per heavy atom. The number of ketones is 1. The minimum Gasteiger partial charge on any atom is -0.294 e. The number of hydrogen-bond donors (Lipinski definition) is 1. The van der Waals surface area contributed by atoms with Crippen molar-refractivity contribution < 1.29 is 14.4 Å². The van der Waals surface area contributed by atoms with E-state index in [2.05, 4.69) is 10.3 Å². The van der Waals surface area contributed by atoms with Gasteiger partial charge in [-0.2, -0.15) is 0 Å². The van der Waals surface area contributed by atoms with Crippen LogP contribution in [0.4, 0.5) is 0 Å². The lowest BCUT2D eigenvalue weighted by Gasteiger charge is -2.34. The van der Waals surface area contributed by atoms with Crippen molar-refractivity contribution in [1.29, 1.82) is 0 Å². The van der Waals surface area contributed by atoms with Crippen molar-refractivity contribution in [3.8, 4) is 0 Å². The Hall–Kier alpha value is -3.26. The molecular weight excluding hydrogens is 438 g/mol. The van der Waals surface area contributed by atoms with Gasteiger partial charge in [-0.05, 0) is 62.8 Å². The highest BCUT2D eigenvalue weighted by Crippen LogP contribution is 2.27. The molecule has 33 heavy (non-hydrogen) atoms. The summed E-state index contributed by atoms with van der Waals surface area (Å²) in [5.74, 6) is -0.388. The van der Waals surface area contributed by atoms with Crippen molar-refractivity contribution in [2.24, 2.45) is 0 Å². The molecule has 1 atom stereocenters. The maximum Gasteiger partial charge on any atom is 0.262 e. The van der Waals surface area contributed by atoms with Crippen molar-refractivity contribution in [3.05, 3.63) is 69.8 Å². The number of carbonyl (C=O) groups is 3. The molecule has 0 aliphatic carbocycles. The third-order valence-electron chi connectivity index (χ3n) is 6.23. The first kappa shape index (κ1) is 22.9. The predicted octanol–water partition coefficient (Wildman–Crippen LogP) is 3.39. The van der Waals surface area contributed by atoms with E-state index in [1.165, 1.54) is 4.57 Å². The zero-order valence-electron chi connectivity index (χ0n) is 18.8. The quantitative estimate of drug-likeness (QED) is 0.342. The van der Waals surface area contributed by atoms with Crippen LogP contribution in [0.3, 0.4) is 0 Å². The van der Waals surface area contributed by atoms with Crippen molar-refractivity contribution in [3.63, 3.8) is 0 Å². The summed E-state index contributed by atoms with van der Waals surface area (Å²) in [6.07, 6.45) is 3.18. The third-order valence-corrected chi connectivity index (χ3v) is 6.97. The maximum atomic E-state index is 13.4. The van der Waals surface area contributed by atoms with Crippen LogP contribution in [0, 0.1) is 6.92 Å². The molecule has 1 saturated heterocycles. The third kappa shape index (κ3) is 4.35. The van der Waals surface area contributed by atoms with Gasteiger partial charge >= 0.3 is 0 Å². The van der Waals surface area contributed by atoms with E-state index in [1.54, 1.807) is 37.7 Å². The van der Waals surface area contributed by atoms with Crippen molar-refractivity contribution >= 4 is 40.3 Å². The number of Topliss-reactive ketones (excluding diaryl/α,β-unsaturated/α-hetero) is 1. The van der Waals surface area contributed by atoms with Gasteiger partial charge in [0.15, 0.2) is 5.78 Å². The molecule has 1 aliphatic rings. The molecule has 1 aliphatic heterocycles. The topological polar surface area (TPSA) is 98.1 Å². The summed E-state index contributed by atoms with van der Waals surface area (Å²) in [5, 5.41) is 2.72. The molecule has 0 saturated carbocycles. The lowest BCUT2D eigenvalue weighted by molar-refractivity contribution is -0.140. The Labute approximate surface area is 195 Å². The fraction of sp³-hybridized carbons (Fsp3) is 0.320. The fourth-order valence-corrected chi connectivity index (χ4v) is 4.68. The zero-order valence-corrected chi connectivity index (χ0v) is 19.6. The van der Waals surface area contributed by atoms with Gasteiger partial charge in [-0.25, -0.2) is 4.98 Å². The van der Waals surface area contributed by atoms with E-state index in [0.29, 0.717) is 35.1 Å². The number of fused-ring (bicyclic) bond motifs is 1. The van der Waals surface area contributed by atoms with E-state index in [9.17, 15) is 19.2 Å². The number of aryl methyl sites for hydroxylation is 2. The monoisotopic (exact) mass is 463 g/mol. The second-order valence-corrected chi connectivity index (χ2v) is 9.33. The summed E-state index contributed by atoms with van der Waals surface area (Å²) in [7, 11) is 0. The van der Waals surface area contributed by atoms with E-state index in [0.717, 1.165) is 10.5 Å². The Bertz CT molecular complexity index is 1330. The Balaban J connectivity index is 1.63. The van der Waals surface area contributed by atoms with Crippen LogP contribution in [0.5, 0.6) is 0 Å². The molecule has 2 aromatic carbocycles. The van der Waals surface area contributed by atoms with Crippen LogP contribution in [0.2, 0.25) is 0 Å². The molecule has 2 heterocycles. The first-order valence-electron chi connectivity index (χ1n) is 10.8. The van der Waals surface area contributed by atoms with Gasteiger partial charge in [0, 0.05) is 23.3 Å². The molecular formula is C25H25N3O4S. The molecule has 0 radical (unpaired) electrons. The van der Waals surface area contributed by atoms with Crippen LogP contribution >= 0.6 is 11.8 Å². The number of aromatic nitrogens is 2. The van der Waals surface area contributed by atoms with E-state index in [4.69, 9.17) is 0 Å². The maximum absolute atomic E-state index is 13.4. The fourth-order valence-electron chi connectivity index (χ4n) is 4.27. The van der Waals surface area contributed by atoms with E-state index >= 15 is 0 Å². The normalized spacial score (nSPS) is 18.4. The van der Waals surface area contributed by atoms with Crippen molar-refractivity contribution in [2.75, 3.05) is 6.26 Å². The van der Waals surface area contributed by atoms with Gasteiger partial charge in [0.1, 0.15) is 11.4 Å². The molecule has 0 spiro atoms. The molecule has 170 valence electrons. The Morgan fingerprint density at radius 1 is 1.15 bits per heavy atom. The average Bonchev–Trinajstić information content (AvgIpc) is 2.80. The van der Waals surface area contributed by atoms with Crippen LogP contribution in [-0.2, 0) is 21.5 Å². The largest absolute Gasteiger partial charge is 0.294 e.